The molecular weight excluding hydrogens is 326 g/mol. The summed E-state index contributed by atoms with van der Waals surface area (Å²) in [5.41, 5.74) is 1.02. The highest BCUT2D eigenvalue weighted by molar-refractivity contribution is 5.93. The number of amides is 1. The third-order valence-electron chi connectivity index (χ3n) is 4.71. The van der Waals surface area contributed by atoms with Crippen molar-refractivity contribution in [2.24, 2.45) is 0 Å². The molecule has 25 heavy (non-hydrogen) atoms. The minimum Gasteiger partial charge on any atom is -0.465 e. The zero-order chi connectivity index (χ0) is 18.0. The van der Waals surface area contributed by atoms with E-state index in [0.29, 0.717) is 17.8 Å². The van der Waals surface area contributed by atoms with Crippen molar-refractivity contribution in [3.05, 3.63) is 54.1 Å². The van der Waals surface area contributed by atoms with Gasteiger partial charge in [-0.25, -0.2) is 13.6 Å². The SMILES string of the molecule is CN1CCCC1CN(C(=O)O)c1ccccc1-c1ccc(F)cc1F. The number of hydrogen-bond acceptors (Lipinski definition) is 2. The van der Waals surface area contributed by atoms with E-state index < -0.39 is 17.7 Å². The van der Waals surface area contributed by atoms with Crippen LogP contribution >= 0.6 is 0 Å². The summed E-state index contributed by atoms with van der Waals surface area (Å²) in [7, 11) is 1.98. The zero-order valence-corrected chi connectivity index (χ0v) is 14.0. The number of hydrogen-bond donors (Lipinski definition) is 1. The van der Waals surface area contributed by atoms with Gasteiger partial charge in [0.1, 0.15) is 11.6 Å². The predicted octanol–water partition coefficient (Wildman–Crippen LogP) is 4.21. The standard InChI is InChI=1S/C19H20F2N2O2/c1-22-10-4-5-14(22)12-23(19(24)25)18-7-3-2-6-16(18)15-9-8-13(20)11-17(15)21/h2-3,6-9,11,14H,4-5,10,12H2,1H3,(H,24,25). The van der Waals surface area contributed by atoms with Crippen molar-refractivity contribution in [2.45, 2.75) is 18.9 Å². The molecule has 0 bridgehead atoms. The van der Waals surface area contributed by atoms with Crippen LogP contribution in [0.2, 0.25) is 0 Å². The molecule has 1 amide bonds. The average molecular weight is 346 g/mol. The maximum Gasteiger partial charge on any atom is 0.411 e. The molecule has 6 heteroatoms. The average Bonchev–Trinajstić information content (AvgIpc) is 2.97. The Hall–Kier alpha value is -2.47. The molecule has 132 valence electrons. The van der Waals surface area contributed by atoms with Gasteiger partial charge in [-0.1, -0.05) is 18.2 Å². The highest BCUT2D eigenvalue weighted by Crippen LogP contribution is 2.33. The van der Waals surface area contributed by atoms with Crippen molar-refractivity contribution in [1.29, 1.82) is 0 Å². The van der Waals surface area contributed by atoms with Crippen molar-refractivity contribution >= 4 is 11.8 Å². The molecule has 1 aliphatic rings. The third-order valence-corrected chi connectivity index (χ3v) is 4.71. The topological polar surface area (TPSA) is 43.8 Å². The van der Waals surface area contributed by atoms with E-state index in [2.05, 4.69) is 4.90 Å². The quantitative estimate of drug-likeness (QED) is 0.902. The number of carbonyl (C=O) groups is 1. The van der Waals surface area contributed by atoms with Gasteiger partial charge in [0.25, 0.3) is 0 Å². The van der Waals surface area contributed by atoms with E-state index in [1.165, 1.54) is 17.0 Å². The molecule has 0 aliphatic carbocycles. The first-order valence-corrected chi connectivity index (χ1v) is 8.22. The first kappa shape index (κ1) is 17.4. The lowest BCUT2D eigenvalue weighted by molar-refractivity contribution is 0.198. The Labute approximate surface area is 145 Å². The minimum absolute atomic E-state index is 0.127. The number of rotatable bonds is 4. The smallest absolute Gasteiger partial charge is 0.411 e. The van der Waals surface area contributed by atoms with Gasteiger partial charge in [0.05, 0.1) is 5.69 Å². The Bertz CT molecular complexity index is 782. The molecule has 2 aromatic rings. The molecule has 0 saturated carbocycles. The van der Waals surface area contributed by atoms with Crippen LogP contribution in [0.1, 0.15) is 12.8 Å². The molecule has 4 nitrogen and oxygen atoms in total. The fourth-order valence-electron chi connectivity index (χ4n) is 3.34. The molecule has 1 unspecified atom stereocenters. The van der Waals surface area contributed by atoms with Crippen LogP contribution in [-0.4, -0.2) is 42.3 Å². The number of para-hydroxylation sites is 1. The molecule has 1 N–H and O–H groups in total. The molecular formula is C19H20F2N2O2. The van der Waals surface area contributed by atoms with E-state index in [1.807, 2.05) is 7.05 Å². The molecule has 3 rings (SSSR count). The Morgan fingerprint density at radius 3 is 2.64 bits per heavy atom. The lowest BCUT2D eigenvalue weighted by atomic mass is 10.0. The molecule has 0 spiro atoms. The number of carboxylic acid groups (broad SMARTS) is 1. The van der Waals surface area contributed by atoms with E-state index in [0.717, 1.165) is 25.5 Å². The Balaban J connectivity index is 2.01. The fourth-order valence-corrected chi connectivity index (χ4v) is 3.34. The van der Waals surface area contributed by atoms with Gasteiger partial charge >= 0.3 is 6.09 Å². The molecule has 1 aliphatic heterocycles. The number of anilines is 1. The van der Waals surface area contributed by atoms with Crippen molar-refractivity contribution < 1.29 is 18.7 Å². The van der Waals surface area contributed by atoms with Gasteiger partial charge in [-0.2, -0.15) is 0 Å². The Morgan fingerprint density at radius 2 is 2.00 bits per heavy atom. The summed E-state index contributed by atoms with van der Waals surface area (Å²) < 4.78 is 27.4. The van der Waals surface area contributed by atoms with Gasteiger partial charge in [0.15, 0.2) is 0 Å². The van der Waals surface area contributed by atoms with Gasteiger partial charge in [-0.05, 0) is 44.6 Å². The Kier molecular flexibility index (Phi) is 4.99. The van der Waals surface area contributed by atoms with Gasteiger partial charge in [0, 0.05) is 29.8 Å². The van der Waals surface area contributed by atoms with Gasteiger partial charge in [-0.15, -0.1) is 0 Å². The van der Waals surface area contributed by atoms with E-state index >= 15 is 0 Å². The number of nitrogens with zero attached hydrogens (tertiary/aromatic N) is 2. The molecule has 1 saturated heterocycles. The predicted molar refractivity (Wildman–Crippen MR) is 92.8 cm³/mol. The summed E-state index contributed by atoms with van der Waals surface area (Å²) in [4.78, 5) is 15.3. The molecule has 0 aromatic heterocycles. The first-order valence-electron chi connectivity index (χ1n) is 8.22. The van der Waals surface area contributed by atoms with Gasteiger partial charge < -0.3 is 10.0 Å². The van der Waals surface area contributed by atoms with E-state index in [9.17, 15) is 18.7 Å². The molecule has 1 atom stereocenters. The van der Waals surface area contributed by atoms with Crippen LogP contribution in [0.5, 0.6) is 0 Å². The van der Waals surface area contributed by atoms with Crippen LogP contribution < -0.4 is 4.90 Å². The van der Waals surface area contributed by atoms with Crippen LogP contribution in [-0.2, 0) is 0 Å². The number of likely N-dealkylation sites (N-methyl/N-ethyl adjacent to an activating group) is 1. The number of halogens is 2. The van der Waals surface area contributed by atoms with Gasteiger partial charge in [-0.3, -0.25) is 4.90 Å². The second kappa shape index (κ2) is 7.19. The maximum absolute atomic E-state index is 14.2. The zero-order valence-electron chi connectivity index (χ0n) is 14.0. The number of likely N-dealkylation sites (tertiary alicyclic amines) is 1. The van der Waals surface area contributed by atoms with Gasteiger partial charge in [0.2, 0.25) is 0 Å². The summed E-state index contributed by atoms with van der Waals surface area (Å²) in [6, 6.07) is 10.2. The molecule has 0 radical (unpaired) electrons. The van der Waals surface area contributed by atoms with Crippen LogP contribution in [0.4, 0.5) is 19.3 Å². The highest BCUT2D eigenvalue weighted by atomic mass is 19.1. The third kappa shape index (κ3) is 3.64. The summed E-state index contributed by atoms with van der Waals surface area (Å²) >= 11 is 0. The van der Waals surface area contributed by atoms with E-state index in [1.54, 1.807) is 24.3 Å². The number of benzene rings is 2. The van der Waals surface area contributed by atoms with Crippen LogP contribution in [0.3, 0.4) is 0 Å². The molecule has 2 aromatic carbocycles. The van der Waals surface area contributed by atoms with Crippen molar-refractivity contribution in [1.82, 2.24) is 4.90 Å². The van der Waals surface area contributed by atoms with E-state index in [4.69, 9.17) is 0 Å². The van der Waals surface area contributed by atoms with Crippen LogP contribution in [0, 0.1) is 11.6 Å². The minimum atomic E-state index is -1.09. The molecule has 1 heterocycles. The second-order valence-electron chi connectivity index (χ2n) is 6.31. The lowest BCUT2D eigenvalue weighted by Gasteiger charge is -2.28. The normalized spacial score (nSPS) is 17.6. The van der Waals surface area contributed by atoms with Crippen LogP contribution in [0.15, 0.2) is 42.5 Å². The summed E-state index contributed by atoms with van der Waals surface area (Å²) in [6.07, 6.45) is 0.867. The summed E-state index contributed by atoms with van der Waals surface area (Å²) in [6.45, 7) is 1.25. The maximum atomic E-state index is 14.2. The van der Waals surface area contributed by atoms with Crippen LogP contribution in [0.25, 0.3) is 11.1 Å². The van der Waals surface area contributed by atoms with Crippen molar-refractivity contribution in [3.63, 3.8) is 0 Å². The second-order valence-corrected chi connectivity index (χ2v) is 6.31. The fraction of sp³-hybridized carbons (Fsp3) is 0.316. The first-order chi connectivity index (χ1) is 12.0. The summed E-state index contributed by atoms with van der Waals surface area (Å²) in [5.74, 6) is -1.38. The molecule has 1 fully saturated rings. The Morgan fingerprint density at radius 1 is 1.24 bits per heavy atom. The highest BCUT2D eigenvalue weighted by Gasteiger charge is 2.28. The van der Waals surface area contributed by atoms with Crippen molar-refractivity contribution in [3.8, 4) is 11.1 Å². The lowest BCUT2D eigenvalue weighted by Crippen LogP contribution is -2.41. The summed E-state index contributed by atoms with van der Waals surface area (Å²) in [5, 5.41) is 9.71. The monoisotopic (exact) mass is 346 g/mol. The largest absolute Gasteiger partial charge is 0.465 e. The van der Waals surface area contributed by atoms with E-state index in [-0.39, 0.29) is 11.6 Å². The van der Waals surface area contributed by atoms with Crippen molar-refractivity contribution in [2.75, 3.05) is 25.0 Å².